The summed E-state index contributed by atoms with van der Waals surface area (Å²) in [5, 5.41) is 0.501. The molecule has 2 rings (SSSR count). The number of halogens is 2. The van der Waals surface area contributed by atoms with Crippen LogP contribution in [0.15, 0.2) is 18.2 Å². The van der Waals surface area contributed by atoms with Crippen molar-refractivity contribution in [2.24, 2.45) is 5.73 Å². The maximum Gasteiger partial charge on any atom is 0.124 e. The van der Waals surface area contributed by atoms with Gasteiger partial charge in [0.1, 0.15) is 5.82 Å². The summed E-state index contributed by atoms with van der Waals surface area (Å²) in [5.74, 6) is -0.289. The van der Waals surface area contributed by atoms with Crippen LogP contribution in [-0.2, 0) is 0 Å². The Morgan fingerprint density at radius 3 is 2.84 bits per heavy atom. The van der Waals surface area contributed by atoms with E-state index >= 15 is 0 Å². The number of likely N-dealkylation sites (tertiary alicyclic amines) is 1. The van der Waals surface area contributed by atoms with Gasteiger partial charge in [-0.1, -0.05) is 24.1 Å². The molecular weight excluding hydrogens is 263 g/mol. The molecule has 1 heterocycles. The molecule has 1 aromatic carbocycles. The van der Waals surface area contributed by atoms with Crippen molar-refractivity contribution in [1.82, 2.24) is 4.90 Å². The van der Waals surface area contributed by atoms with Gasteiger partial charge in [-0.15, -0.1) is 0 Å². The first kappa shape index (κ1) is 14.8. The summed E-state index contributed by atoms with van der Waals surface area (Å²) in [7, 11) is 0. The summed E-state index contributed by atoms with van der Waals surface area (Å²) in [5.41, 5.74) is 6.88. The molecule has 19 heavy (non-hydrogen) atoms. The topological polar surface area (TPSA) is 29.3 Å². The second-order valence-corrected chi connectivity index (χ2v) is 5.87. The first-order chi connectivity index (χ1) is 9.04. The number of piperidine rings is 1. The van der Waals surface area contributed by atoms with Crippen LogP contribution >= 0.6 is 11.6 Å². The van der Waals surface area contributed by atoms with Gasteiger partial charge in [-0.05, 0) is 44.4 Å². The van der Waals surface area contributed by atoms with E-state index in [1.54, 1.807) is 6.07 Å². The van der Waals surface area contributed by atoms with E-state index in [2.05, 4.69) is 18.7 Å². The predicted octanol–water partition coefficient (Wildman–Crippen LogP) is 3.74. The zero-order valence-electron chi connectivity index (χ0n) is 11.6. The van der Waals surface area contributed by atoms with Crippen molar-refractivity contribution in [2.75, 3.05) is 6.54 Å². The average molecular weight is 285 g/mol. The summed E-state index contributed by atoms with van der Waals surface area (Å²) < 4.78 is 13.2. The average Bonchev–Trinajstić information content (AvgIpc) is 2.37. The molecule has 1 fully saturated rings. The van der Waals surface area contributed by atoms with Crippen molar-refractivity contribution in [1.29, 1.82) is 0 Å². The first-order valence-electron chi connectivity index (χ1n) is 6.97. The van der Waals surface area contributed by atoms with E-state index in [1.165, 1.54) is 25.0 Å². The van der Waals surface area contributed by atoms with E-state index < -0.39 is 0 Å². The fourth-order valence-corrected chi connectivity index (χ4v) is 3.57. The lowest BCUT2D eigenvalue weighted by Crippen LogP contribution is -2.49. The first-order valence-corrected chi connectivity index (χ1v) is 7.34. The Kier molecular flexibility index (Phi) is 4.82. The van der Waals surface area contributed by atoms with Crippen LogP contribution in [0.3, 0.4) is 0 Å². The van der Waals surface area contributed by atoms with Gasteiger partial charge >= 0.3 is 0 Å². The molecule has 0 bridgehead atoms. The minimum absolute atomic E-state index is 0.164. The molecule has 0 saturated carbocycles. The third-order valence-electron chi connectivity index (χ3n) is 4.22. The van der Waals surface area contributed by atoms with Crippen LogP contribution in [0.25, 0.3) is 0 Å². The molecule has 2 nitrogen and oxygen atoms in total. The summed E-state index contributed by atoms with van der Waals surface area (Å²) in [6.07, 6.45) is 3.53. The minimum atomic E-state index is -0.289. The molecule has 1 saturated heterocycles. The third-order valence-corrected chi connectivity index (χ3v) is 4.55. The Bertz CT molecular complexity index is 438. The van der Waals surface area contributed by atoms with Gasteiger partial charge in [0.2, 0.25) is 0 Å². The number of benzene rings is 1. The zero-order chi connectivity index (χ0) is 14.0. The van der Waals surface area contributed by atoms with E-state index in [1.807, 2.05) is 0 Å². The van der Waals surface area contributed by atoms with Crippen molar-refractivity contribution in [3.63, 3.8) is 0 Å². The summed E-state index contributed by atoms with van der Waals surface area (Å²) in [6, 6.07) is 5.69. The summed E-state index contributed by atoms with van der Waals surface area (Å²) in [4.78, 5) is 2.43. The maximum absolute atomic E-state index is 13.2. The Labute approximate surface area is 119 Å². The molecule has 0 aromatic heterocycles. The lowest BCUT2D eigenvalue weighted by atomic mass is 9.92. The highest BCUT2D eigenvalue weighted by molar-refractivity contribution is 6.31. The molecule has 3 atom stereocenters. The Morgan fingerprint density at radius 2 is 2.21 bits per heavy atom. The molecule has 1 aliphatic heterocycles. The largest absolute Gasteiger partial charge is 0.329 e. The third kappa shape index (κ3) is 3.10. The van der Waals surface area contributed by atoms with Gasteiger partial charge in [0.05, 0.1) is 0 Å². The van der Waals surface area contributed by atoms with Gasteiger partial charge in [0, 0.05) is 29.7 Å². The van der Waals surface area contributed by atoms with E-state index in [0.29, 0.717) is 23.7 Å². The lowest BCUT2D eigenvalue weighted by Gasteiger charge is -2.44. The van der Waals surface area contributed by atoms with Crippen LogP contribution in [0.4, 0.5) is 4.39 Å². The van der Waals surface area contributed by atoms with Crippen LogP contribution in [0.1, 0.15) is 44.7 Å². The number of nitrogens with zero attached hydrogens (tertiary/aromatic N) is 1. The fraction of sp³-hybridized carbons (Fsp3) is 0.600. The highest BCUT2D eigenvalue weighted by atomic mass is 35.5. The monoisotopic (exact) mass is 284 g/mol. The molecule has 1 aromatic rings. The lowest BCUT2D eigenvalue weighted by molar-refractivity contribution is 0.0570. The standard InChI is InChI=1S/C15H22ClFN2/c1-10-4-3-5-13(9-18)19(10)11(2)14-7-6-12(17)8-15(14)16/h6-8,10-11,13H,3-5,9,18H2,1-2H3. The molecule has 0 amide bonds. The molecule has 1 aliphatic rings. The van der Waals surface area contributed by atoms with E-state index in [4.69, 9.17) is 17.3 Å². The van der Waals surface area contributed by atoms with Gasteiger partial charge in [-0.3, -0.25) is 4.90 Å². The molecule has 0 radical (unpaired) electrons. The van der Waals surface area contributed by atoms with Gasteiger partial charge in [0.15, 0.2) is 0 Å². The van der Waals surface area contributed by atoms with Gasteiger partial charge in [0.25, 0.3) is 0 Å². The normalized spacial score (nSPS) is 26.4. The van der Waals surface area contributed by atoms with Gasteiger partial charge in [-0.2, -0.15) is 0 Å². The van der Waals surface area contributed by atoms with Gasteiger partial charge < -0.3 is 5.73 Å². The van der Waals surface area contributed by atoms with Gasteiger partial charge in [-0.25, -0.2) is 4.39 Å². The summed E-state index contributed by atoms with van der Waals surface area (Å²) >= 11 is 6.18. The van der Waals surface area contributed by atoms with Crippen molar-refractivity contribution in [3.05, 3.63) is 34.6 Å². The van der Waals surface area contributed by atoms with E-state index in [-0.39, 0.29) is 11.9 Å². The molecule has 0 aliphatic carbocycles. The molecular formula is C15H22ClFN2. The molecule has 0 spiro atoms. The van der Waals surface area contributed by atoms with Crippen LogP contribution in [0.2, 0.25) is 5.02 Å². The highest BCUT2D eigenvalue weighted by Gasteiger charge is 2.32. The van der Waals surface area contributed by atoms with Crippen LogP contribution in [-0.4, -0.2) is 23.5 Å². The number of rotatable bonds is 3. The Balaban J connectivity index is 2.27. The predicted molar refractivity (Wildman–Crippen MR) is 77.8 cm³/mol. The highest BCUT2D eigenvalue weighted by Crippen LogP contribution is 2.35. The summed E-state index contributed by atoms with van der Waals surface area (Å²) in [6.45, 7) is 5.02. The number of nitrogens with two attached hydrogens (primary N) is 1. The molecule has 3 unspecified atom stereocenters. The Hall–Kier alpha value is -0.640. The van der Waals surface area contributed by atoms with E-state index in [0.717, 1.165) is 12.0 Å². The van der Waals surface area contributed by atoms with Crippen molar-refractivity contribution in [2.45, 2.75) is 51.2 Å². The zero-order valence-corrected chi connectivity index (χ0v) is 12.3. The van der Waals surface area contributed by atoms with Crippen LogP contribution < -0.4 is 5.73 Å². The second-order valence-electron chi connectivity index (χ2n) is 5.46. The second kappa shape index (κ2) is 6.21. The Morgan fingerprint density at radius 1 is 1.47 bits per heavy atom. The van der Waals surface area contributed by atoms with Crippen LogP contribution in [0.5, 0.6) is 0 Å². The molecule has 106 valence electrons. The molecule has 2 N–H and O–H groups in total. The maximum atomic E-state index is 13.2. The smallest absolute Gasteiger partial charge is 0.124 e. The molecule has 4 heteroatoms. The SMILES string of the molecule is CC1CCCC(CN)N1C(C)c1ccc(F)cc1Cl. The van der Waals surface area contributed by atoms with E-state index in [9.17, 15) is 4.39 Å². The minimum Gasteiger partial charge on any atom is -0.329 e. The van der Waals surface area contributed by atoms with Crippen molar-refractivity contribution in [3.8, 4) is 0 Å². The van der Waals surface area contributed by atoms with Crippen molar-refractivity contribution >= 4 is 11.6 Å². The quantitative estimate of drug-likeness (QED) is 0.916. The van der Waals surface area contributed by atoms with Crippen LogP contribution in [0, 0.1) is 5.82 Å². The number of hydrogen-bond acceptors (Lipinski definition) is 2. The fourth-order valence-electron chi connectivity index (χ4n) is 3.25. The van der Waals surface area contributed by atoms with Crippen molar-refractivity contribution < 1.29 is 4.39 Å². The number of hydrogen-bond donors (Lipinski definition) is 1.